The summed E-state index contributed by atoms with van der Waals surface area (Å²) in [7, 11) is 0. The first kappa shape index (κ1) is 11.5. The van der Waals surface area contributed by atoms with Crippen LogP contribution in [-0.2, 0) is 0 Å². The highest BCUT2D eigenvalue weighted by Crippen LogP contribution is 2.22. The van der Waals surface area contributed by atoms with Gasteiger partial charge in [0.25, 0.3) is 0 Å². The molecule has 5 heteroatoms. The van der Waals surface area contributed by atoms with Gasteiger partial charge in [0.1, 0.15) is 23.3 Å². The molecule has 17 heavy (non-hydrogen) atoms. The average Bonchev–Trinajstić information content (AvgIpc) is 2.82. The fraction of sp³-hybridized carbons (Fsp3) is 0.0833. The van der Waals surface area contributed by atoms with Crippen LogP contribution in [0, 0.1) is 6.92 Å². The van der Waals surface area contributed by atoms with E-state index >= 15 is 0 Å². The summed E-state index contributed by atoms with van der Waals surface area (Å²) in [4.78, 5) is 10.8. The van der Waals surface area contributed by atoms with E-state index in [4.69, 9.17) is 25.5 Å². The summed E-state index contributed by atoms with van der Waals surface area (Å²) in [5, 5.41) is 9.34. The van der Waals surface area contributed by atoms with Crippen molar-refractivity contribution in [2.45, 2.75) is 6.92 Å². The van der Waals surface area contributed by atoms with Crippen LogP contribution in [0.1, 0.15) is 27.4 Å². The van der Waals surface area contributed by atoms with Crippen molar-refractivity contribution in [1.29, 1.82) is 0 Å². The van der Waals surface area contributed by atoms with E-state index in [2.05, 4.69) is 0 Å². The van der Waals surface area contributed by atoms with Gasteiger partial charge >= 0.3 is 5.97 Å². The molecule has 0 radical (unpaired) electrons. The maximum Gasteiger partial charge on any atom is 0.339 e. The van der Waals surface area contributed by atoms with E-state index in [1.165, 1.54) is 12.5 Å². The molecule has 2 rings (SSSR count). The maximum atomic E-state index is 10.8. The lowest BCUT2D eigenvalue weighted by Gasteiger charge is -1.91. The summed E-state index contributed by atoms with van der Waals surface area (Å²) in [5.41, 5.74) is 0.714. The first-order valence-corrected chi connectivity index (χ1v) is 5.20. The van der Waals surface area contributed by atoms with Gasteiger partial charge in [-0.3, -0.25) is 0 Å². The molecule has 0 spiro atoms. The fourth-order valence-electron chi connectivity index (χ4n) is 1.38. The second kappa shape index (κ2) is 4.51. The van der Waals surface area contributed by atoms with Crippen LogP contribution < -0.4 is 0 Å². The Bertz CT molecular complexity index is 577. The minimum Gasteiger partial charge on any atom is -0.478 e. The molecule has 0 amide bonds. The van der Waals surface area contributed by atoms with E-state index in [-0.39, 0.29) is 5.56 Å². The SMILES string of the molecule is Cc1c(C(=O)O)coc1/C=C/c1occc1Cl. The Labute approximate surface area is 102 Å². The molecule has 2 heterocycles. The zero-order valence-corrected chi connectivity index (χ0v) is 9.69. The third-order valence-corrected chi connectivity index (χ3v) is 2.65. The normalized spacial score (nSPS) is 11.2. The quantitative estimate of drug-likeness (QED) is 0.905. The van der Waals surface area contributed by atoms with E-state index in [9.17, 15) is 4.79 Å². The molecule has 0 atom stereocenters. The number of hydrogen-bond donors (Lipinski definition) is 1. The molecule has 0 saturated heterocycles. The van der Waals surface area contributed by atoms with Gasteiger partial charge in [0, 0.05) is 5.56 Å². The third-order valence-electron chi connectivity index (χ3n) is 2.34. The van der Waals surface area contributed by atoms with Crippen LogP contribution in [0.2, 0.25) is 5.02 Å². The smallest absolute Gasteiger partial charge is 0.339 e. The predicted octanol–water partition coefficient (Wildman–Crippen LogP) is 3.70. The Kier molecular flexibility index (Phi) is 3.06. The summed E-state index contributed by atoms with van der Waals surface area (Å²) in [5.74, 6) is -0.0452. The highest BCUT2D eigenvalue weighted by atomic mass is 35.5. The van der Waals surface area contributed by atoms with Crippen LogP contribution in [-0.4, -0.2) is 11.1 Å². The standard InChI is InChI=1S/C12H9ClO4/c1-7-8(12(14)15)6-17-10(7)2-3-11-9(13)4-5-16-11/h2-6H,1H3,(H,14,15)/b3-2+. The van der Waals surface area contributed by atoms with E-state index in [1.807, 2.05) is 0 Å². The largest absolute Gasteiger partial charge is 0.478 e. The Morgan fingerprint density at radius 3 is 2.59 bits per heavy atom. The Morgan fingerprint density at radius 1 is 1.35 bits per heavy atom. The Balaban J connectivity index is 2.28. The molecule has 0 aliphatic carbocycles. The second-order valence-corrected chi connectivity index (χ2v) is 3.82. The molecule has 0 bridgehead atoms. The van der Waals surface area contributed by atoms with E-state index < -0.39 is 5.97 Å². The van der Waals surface area contributed by atoms with Gasteiger partial charge in [-0.05, 0) is 25.1 Å². The zero-order chi connectivity index (χ0) is 12.4. The van der Waals surface area contributed by atoms with Gasteiger partial charge in [0.15, 0.2) is 0 Å². The molecular formula is C12H9ClO4. The van der Waals surface area contributed by atoms with Crippen LogP contribution in [0.5, 0.6) is 0 Å². The summed E-state index contributed by atoms with van der Waals surface area (Å²) in [6.45, 7) is 1.68. The molecule has 1 N–H and O–H groups in total. The zero-order valence-electron chi connectivity index (χ0n) is 8.94. The van der Waals surface area contributed by atoms with Crippen LogP contribution in [0.15, 0.2) is 27.4 Å². The van der Waals surface area contributed by atoms with Crippen LogP contribution >= 0.6 is 11.6 Å². The Morgan fingerprint density at radius 2 is 2.06 bits per heavy atom. The summed E-state index contributed by atoms with van der Waals surface area (Å²) in [6, 6.07) is 1.62. The monoisotopic (exact) mass is 252 g/mol. The van der Waals surface area contributed by atoms with Gasteiger partial charge in [0.2, 0.25) is 0 Å². The number of furan rings is 2. The van der Waals surface area contributed by atoms with Crippen LogP contribution in [0.3, 0.4) is 0 Å². The highest BCUT2D eigenvalue weighted by Gasteiger charge is 2.13. The summed E-state index contributed by atoms with van der Waals surface area (Å²) in [6.07, 6.45) is 5.92. The molecule has 2 aromatic rings. The lowest BCUT2D eigenvalue weighted by atomic mass is 10.1. The van der Waals surface area contributed by atoms with E-state index in [1.54, 1.807) is 25.1 Å². The number of rotatable bonds is 3. The summed E-state index contributed by atoms with van der Waals surface area (Å²) >= 11 is 5.83. The lowest BCUT2D eigenvalue weighted by Crippen LogP contribution is -1.95. The average molecular weight is 253 g/mol. The molecule has 0 aromatic carbocycles. The van der Waals surface area contributed by atoms with Crippen molar-refractivity contribution in [1.82, 2.24) is 0 Å². The molecule has 88 valence electrons. The van der Waals surface area contributed by atoms with Crippen molar-refractivity contribution in [3.8, 4) is 0 Å². The molecule has 4 nitrogen and oxygen atoms in total. The Hall–Kier alpha value is -1.94. The second-order valence-electron chi connectivity index (χ2n) is 3.41. The molecule has 0 aliphatic heterocycles. The molecule has 2 aromatic heterocycles. The number of carboxylic acids is 1. The van der Waals surface area contributed by atoms with Gasteiger partial charge < -0.3 is 13.9 Å². The van der Waals surface area contributed by atoms with Crippen molar-refractivity contribution in [3.05, 3.63) is 46.3 Å². The molecule has 0 aliphatic rings. The number of carboxylic acid groups (broad SMARTS) is 1. The minimum atomic E-state index is -1.01. The van der Waals surface area contributed by atoms with Gasteiger partial charge in [-0.15, -0.1) is 0 Å². The van der Waals surface area contributed by atoms with E-state index in [0.29, 0.717) is 22.1 Å². The van der Waals surface area contributed by atoms with Crippen LogP contribution in [0.25, 0.3) is 12.2 Å². The number of halogens is 1. The van der Waals surface area contributed by atoms with Crippen molar-refractivity contribution in [3.63, 3.8) is 0 Å². The van der Waals surface area contributed by atoms with Crippen molar-refractivity contribution in [2.24, 2.45) is 0 Å². The van der Waals surface area contributed by atoms with Gasteiger partial charge in [-0.25, -0.2) is 4.79 Å². The van der Waals surface area contributed by atoms with Gasteiger partial charge in [-0.2, -0.15) is 0 Å². The van der Waals surface area contributed by atoms with Crippen molar-refractivity contribution < 1.29 is 18.7 Å². The predicted molar refractivity (Wildman–Crippen MR) is 63.1 cm³/mol. The molecule has 0 saturated carbocycles. The van der Waals surface area contributed by atoms with Crippen LogP contribution in [0.4, 0.5) is 0 Å². The van der Waals surface area contributed by atoms with E-state index in [0.717, 1.165) is 0 Å². The maximum absolute atomic E-state index is 10.8. The van der Waals surface area contributed by atoms with Gasteiger partial charge in [0.05, 0.1) is 11.3 Å². The third kappa shape index (κ3) is 2.26. The van der Waals surface area contributed by atoms with Crippen molar-refractivity contribution in [2.75, 3.05) is 0 Å². The fourth-order valence-corrected chi connectivity index (χ4v) is 1.54. The topological polar surface area (TPSA) is 63.6 Å². The molecule has 0 unspecified atom stereocenters. The van der Waals surface area contributed by atoms with Gasteiger partial charge in [-0.1, -0.05) is 11.6 Å². The summed E-state index contributed by atoms with van der Waals surface area (Å²) < 4.78 is 10.2. The first-order valence-electron chi connectivity index (χ1n) is 4.82. The number of aromatic carboxylic acids is 1. The molecule has 0 fully saturated rings. The van der Waals surface area contributed by atoms with Crippen molar-refractivity contribution >= 4 is 29.7 Å². The lowest BCUT2D eigenvalue weighted by molar-refractivity contribution is 0.0695. The molecular weight excluding hydrogens is 244 g/mol. The number of hydrogen-bond acceptors (Lipinski definition) is 3. The first-order chi connectivity index (χ1) is 8.09. The number of carbonyl (C=O) groups is 1. The minimum absolute atomic E-state index is 0.148. The highest BCUT2D eigenvalue weighted by molar-refractivity contribution is 6.31.